The number of morpholine rings is 1. The first-order valence-corrected chi connectivity index (χ1v) is 9.09. The van der Waals surface area contributed by atoms with Crippen molar-refractivity contribution in [1.82, 2.24) is 15.1 Å². The molecule has 3 unspecified atom stereocenters. The van der Waals surface area contributed by atoms with E-state index in [9.17, 15) is 0 Å². The van der Waals surface area contributed by atoms with E-state index in [0.29, 0.717) is 12.1 Å². The van der Waals surface area contributed by atoms with Gasteiger partial charge in [-0.25, -0.2) is 0 Å². The molecule has 124 valence electrons. The zero-order valence-corrected chi connectivity index (χ0v) is 14.3. The van der Waals surface area contributed by atoms with Gasteiger partial charge in [-0.05, 0) is 25.8 Å². The maximum atomic E-state index is 5.49. The van der Waals surface area contributed by atoms with Gasteiger partial charge in [0.05, 0.1) is 13.2 Å². The SMILES string of the molecule is CCCC(NCC)C(CC)N1CCC(N2CCOCC2)C1. The van der Waals surface area contributed by atoms with Gasteiger partial charge in [-0.15, -0.1) is 0 Å². The standard InChI is InChI=1S/C17H35N3O/c1-4-7-16(18-6-3)17(5-2)20-9-8-15(14-20)19-10-12-21-13-11-19/h15-18H,4-14H2,1-3H3. The maximum Gasteiger partial charge on any atom is 0.0594 e. The molecule has 4 nitrogen and oxygen atoms in total. The molecule has 0 aliphatic carbocycles. The van der Waals surface area contributed by atoms with E-state index < -0.39 is 0 Å². The molecule has 1 N–H and O–H groups in total. The third-order valence-electron chi connectivity index (χ3n) is 5.17. The van der Waals surface area contributed by atoms with Gasteiger partial charge in [-0.3, -0.25) is 9.80 Å². The highest BCUT2D eigenvalue weighted by atomic mass is 16.5. The highest BCUT2D eigenvalue weighted by Crippen LogP contribution is 2.23. The number of hydrogen-bond donors (Lipinski definition) is 1. The Kier molecular flexibility index (Phi) is 7.44. The summed E-state index contributed by atoms with van der Waals surface area (Å²) < 4.78 is 5.49. The molecule has 0 aromatic carbocycles. The Balaban J connectivity index is 1.89. The number of likely N-dealkylation sites (tertiary alicyclic amines) is 1. The Bertz CT molecular complexity index is 275. The van der Waals surface area contributed by atoms with Gasteiger partial charge >= 0.3 is 0 Å². The van der Waals surface area contributed by atoms with Crippen molar-refractivity contribution >= 4 is 0 Å². The summed E-state index contributed by atoms with van der Waals surface area (Å²) in [4.78, 5) is 5.40. The highest BCUT2D eigenvalue weighted by molar-refractivity contribution is 4.91. The lowest BCUT2D eigenvalue weighted by molar-refractivity contribution is 0.0170. The van der Waals surface area contributed by atoms with Gasteiger partial charge in [0.25, 0.3) is 0 Å². The monoisotopic (exact) mass is 297 g/mol. The number of ether oxygens (including phenoxy) is 1. The Morgan fingerprint density at radius 1 is 1.14 bits per heavy atom. The van der Waals surface area contributed by atoms with Crippen LogP contribution in [0.1, 0.15) is 46.5 Å². The van der Waals surface area contributed by atoms with E-state index in [4.69, 9.17) is 4.74 Å². The topological polar surface area (TPSA) is 27.7 Å². The van der Waals surface area contributed by atoms with E-state index in [1.54, 1.807) is 0 Å². The average molecular weight is 297 g/mol. The molecule has 0 aromatic heterocycles. The molecular weight excluding hydrogens is 262 g/mol. The van der Waals surface area contributed by atoms with E-state index in [1.807, 2.05) is 0 Å². The first kappa shape index (κ1) is 17.2. The summed E-state index contributed by atoms with van der Waals surface area (Å²) in [6.45, 7) is 14.6. The first-order valence-electron chi connectivity index (χ1n) is 9.09. The molecule has 0 aromatic rings. The van der Waals surface area contributed by atoms with Crippen LogP contribution in [-0.2, 0) is 4.74 Å². The number of nitrogens with one attached hydrogen (secondary N) is 1. The van der Waals surface area contributed by atoms with Crippen molar-refractivity contribution in [3.05, 3.63) is 0 Å². The first-order chi connectivity index (χ1) is 10.3. The van der Waals surface area contributed by atoms with Crippen LogP contribution in [0.25, 0.3) is 0 Å². The van der Waals surface area contributed by atoms with Gasteiger partial charge in [-0.1, -0.05) is 27.2 Å². The molecule has 2 heterocycles. The summed E-state index contributed by atoms with van der Waals surface area (Å²) in [6.07, 6.45) is 5.16. The van der Waals surface area contributed by atoms with Gasteiger partial charge in [-0.2, -0.15) is 0 Å². The van der Waals surface area contributed by atoms with E-state index in [0.717, 1.165) is 38.9 Å². The van der Waals surface area contributed by atoms with E-state index in [-0.39, 0.29) is 0 Å². The van der Waals surface area contributed by atoms with Crippen LogP contribution in [0.5, 0.6) is 0 Å². The second kappa shape index (κ2) is 9.09. The predicted molar refractivity (Wildman–Crippen MR) is 88.8 cm³/mol. The Morgan fingerprint density at radius 2 is 1.90 bits per heavy atom. The quantitative estimate of drug-likeness (QED) is 0.741. The molecule has 0 amide bonds. The summed E-state index contributed by atoms with van der Waals surface area (Å²) >= 11 is 0. The summed E-state index contributed by atoms with van der Waals surface area (Å²) in [5.74, 6) is 0. The fourth-order valence-electron chi connectivity index (χ4n) is 4.11. The molecule has 2 saturated heterocycles. The molecule has 3 atom stereocenters. The number of hydrogen-bond acceptors (Lipinski definition) is 4. The average Bonchev–Trinajstić information content (AvgIpc) is 2.99. The van der Waals surface area contributed by atoms with Crippen molar-refractivity contribution in [2.45, 2.75) is 64.6 Å². The maximum absolute atomic E-state index is 5.49. The van der Waals surface area contributed by atoms with Crippen LogP contribution < -0.4 is 5.32 Å². The summed E-state index contributed by atoms with van der Waals surface area (Å²) in [5.41, 5.74) is 0. The van der Waals surface area contributed by atoms with Crippen LogP contribution >= 0.6 is 0 Å². The van der Waals surface area contributed by atoms with E-state index in [1.165, 1.54) is 38.8 Å². The minimum Gasteiger partial charge on any atom is -0.379 e. The molecule has 0 radical (unpaired) electrons. The van der Waals surface area contributed by atoms with Gasteiger partial charge < -0.3 is 10.1 Å². The minimum atomic E-state index is 0.661. The van der Waals surface area contributed by atoms with Gasteiger partial charge in [0, 0.05) is 44.3 Å². The van der Waals surface area contributed by atoms with Crippen molar-refractivity contribution in [2.24, 2.45) is 0 Å². The van der Waals surface area contributed by atoms with Crippen molar-refractivity contribution in [2.75, 3.05) is 45.9 Å². The fraction of sp³-hybridized carbons (Fsp3) is 1.00. The summed E-state index contributed by atoms with van der Waals surface area (Å²) in [6, 6.07) is 2.12. The third-order valence-corrected chi connectivity index (χ3v) is 5.17. The van der Waals surface area contributed by atoms with Crippen LogP contribution in [-0.4, -0.2) is 73.9 Å². The highest BCUT2D eigenvalue weighted by Gasteiger charge is 2.34. The van der Waals surface area contributed by atoms with Crippen LogP contribution in [0.4, 0.5) is 0 Å². The molecule has 2 rings (SSSR count). The molecular formula is C17H35N3O. The molecule has 2 fully saturated rings. The van der Waals surface area contributed by atoms with Crippen molar-refractivity contribution in [3.63, 3.8) is 0 Å². The Morgan fingerprint density at radius 3 is 2.52 bits per heavy atom. The van der Waals surface area contributed by atoms with Crippen LogP contribution in [0.2, 0.25) is 0 Å². The molecule has 0 saturated carbocycles. The largest absolute Gasteiger partial charge is 0.379 e. The Labute approximate surface area is 131 Å². The normalized spacial score (nSPS) is 27.9. The predicted octanol–water partition coefficient (Wildman–Crippen LogP) is 1.95. The molecule has 4 heteroatoms. The fourth-order valence-corrected chi connectivity index (χ4v) is 4.11. The number of likely N-dealkylation sites (N-methyl/N-ethyl adjacent to an activating group) is 1. The number of rotatable bonds is 8. The van der Waals surface area contributed by atoms with Crippen molar-refractivity contribution in [3.8, 4) is 0 Å². The van der Waals surface area contributed by atoms with Crippen LogP contribution in [0.3, 0.4) is 0 Å². The Hall–Kier alpha value is -0.160. The minimum absolute atomic E-state index is 0.661. The number of nitrogens with zero attached hydrogens (tertiary/aromatic N) is 2. The second-order valence-electron chi connectivity index (χ2n) is 6.51. The molecule has 2 aliphatic heterocycles. The molecule has 0 spiro atoms. The lowest BCUT2D eigenvalue weighted by Gasteiger charge is -2.36. The van der Waals surface area contributed by atoms with Crippen LogP contribution in [0.15, 0.2) is 0 Å². The van der Waals surface area contributed by atoms with Gasteiger partial charge in [0.15, 0.2) is 0 Å². The van der Waals surface area contributed by atoms with E-state index >= 15 is 0 Å². The molecule has 2 aliphatic rings. The lowest BCUT2D eigenvalue weighted by Crippen LogP contribution is -2.51. The van der Waals surface area contributed by atoms with Crippen LogP contribution in [0, 0.1) is 0 Å². The molecule has 21 heavy (non-hydrogen) atoms. The molecule has 0 bridgehead atoms. The smallest absolute Gasteiger partial charge is 0.0594 e. The second-order valence-corrected chi connectivity index (χ2v) is 6.51. The lowest BCUT2D eigenvalue weighted by atomic mass is 9.99. The van der Waals surface area contributed by atoms with Gasteiger partial charge in [0.1, 0.15) is 0 Å². The zero-order chi connectivity index (χ0) is 15.1. The van der Waals surface area contributed by atoms with Crippen molar-refractivity contribution in [1.29, 1.82) is 0 Å². The zero-order valence-electron chi connectivity index (χ0n) is 14.3. The van der Waals surface area contributed by atoms with Gasteiger partial charge in [0.2, 0.25) is 0 Å². The van der Waals surface area contributed by atoms with Crippen molar-refractivity contribution < 1.29 is 4.74 Å². The third kappa shape index (κ3) is 4.65. The summed E-state index contributed by atoms with van der Waals surface area (Å²) in [5, 5.41) is 3.73. The summed E-state index contributed by atoms with van der Waals surface area (Å²) in [7, 11) is 0. The van der Waals surface area contributed by atoms with E-state index in [2.05, 4.69) is 35.9 Å².